The number of likely N-dealkylation sites (N-methyl/N-ethyl adjacent to an activating group) is 1. The highest BCUT2D eigenvalue weighted by atomic mass is 35.5. The third-order valence-electron chi connectivity index (χ3n) is 3.18. The molecule has 1 aromatic rings. The summed E-state index contributed by atoms with van der Waals surface area (Å²) in [5, 5.41) is 3.43. The Hall–Kier alpha value is -0.620. The predicted molar refractivity (Wildman–Crippen MR) is 94.6 cm³/mol. The highest BCUT2D eigenvalue weighted by Gasteiger charge is 2.17. The van der Waals surface area contributed by atoms with Crippen LogP contribution in [0.4, 0.5) is 11.4 Å². The Morgan fingerprint density at radius 1 is 1.43 bits per heavy atom. The molecule has 0 saturated carbocycles. The minimum absolute atomic E-state index is 0.148. The van der Waals surface area contributed by atoms with E-state index in [1.54, 1.807) is 23.9 Å². The second kappa shape index (κ2) is 8.73. The molecule has 0 aliphatic carbocycles. The van der Waals surface area contributed by atoms with E-state index in [4.69, 9.17) is 28.9 Å². The van der Waals surface area contributed by atoms with Gasteiger partial charge in [0, 0.05) is 17.5 Å². The van der Waals surface area contributed by atoms with Gasteiger partial charge < -0.3 is 11.1 Å². The van der Waals surface area contributed by atoms with Crippen LogP contribution in [0.5, 0.6) is 0 Å². The van der Waals surface area contributed by atoms with Gasteiger partial charge in [0.1, 0.15) is 0 Å². The van der Waals surface area contributed by atoms with E-state index in [0.29, 0.717) is 27.5 Å². The third kappa shape index (κ3) is 5.58. The number of carbonyl (C=O) groups excluding carboxylic acids is 1. The number of anilines is 2. The number of hydrogen-bond donors (Lipinski definition) is 2. The van der Waals surface area contributed by atoms with Crippen LogP contribution in [0.2, 0.25) is 10.0 Å². The van der Waals surface area contributed by atoms with Gasteiger partial charge in [-0.3, -0.25) is 9.69 Å². The zero-order valence-corrected chi connectivity index (χ0v) is 14.8. The molecule has 0 aliphatic rings. The summed E-state index contributed by atoms with van der Waals surface area (Å²) >= 11 is 13.9. The number of halogens is 2. The summed E-state index contributed by atoms with van der Waals surface area (Å²) in [6, 6.07) is 3.49. The van der Waals surface area contributed by atoms with Gasteiger partial charge >= 0.3 is 0 Å². The number of amides is 1. The molecule has 1 atom stereocenters. The van der Waals surface area contributed by atoms with Crippen molar-refractivity contribution in [3.05, 3.63) is 22.2 Å². The standard InChI is InChI=1S/C14H21Cl2N3OS/c1-4-10(8-21-3)19(2)7-13(20)18-14-11(15)5-9(17)6-12(14)16/h5-6,10H,4,7-8,17H2,1-3H3,(H,18,20). The van der Waals surface area contributed by atoms with E-state index in [2.05, 4.69) is 18.5 Å². The van der Waals surface area contributed by atoms with Gasteiger partial charge in [-0.2, -0.15) is 11.8 Å². The lowest BCUT2D eigenvalue weighted by atomic mass is 10.2. The highest BCUT2D eigenvalue weighted by Crippen LogP contribution is 2.32. The smallest absolute Gasteiger partial charge is 0.238 e. The molecule has 0 aromatic heterocycles. The Morgan fingerprint density at radius 2 is 2.00 bits per heavy atom. The van der Waals surface area contributed by atoms with Crippen LogP contribution in [0.1, 0.15) is 13.3 Å². The molecule has 1 unspecified atom stereocenters. The van der Waals surface area contributed by atoms with E-state index in [9.17, 15) is 4.79 Å². The summed E-state index contributed by atoms with van der Waals surface area (Å²) in [5.74, 6) is 0.842. The molecule has 118 valence electrons. The zero-order chi connectivity index (χ0) is 16.0. The van der Waals surface area contributed by atoms with E-state index in [-0.39, 0.29) is 12.5 Å². The number of rotatable bonds is 7. The topological polar surface area (TPSA) is 58.4 Å². The summed E-state index contributed by atoms with van der Waals surface area (Å²) in [7, 11) is 1.94. The second-order valence-electron chi connectivity index (χ2n) is 4.84. The number of nitrogens with one attached hydrogen (secondary N) is 1. The Balaban J connectivity index is 2.70. The fourth-order valence-corrected chi connectivity index (χ4v) is 3.47. The van der Waals surface area contributed by atoms with E-state index in [1.807, 2.05) is 11.9 Å². The van der Waals surface area contributed by atoms with Crippen molar-refractivity contribution in [2.45, 2.75) is 19.4 Å². The molecule has 21 heavy (non-hydrogen) atoms. The van der Waals surface area contributed by atoms with Crippen molar-refractivity contribution in [1.82, 2.24) is 4.90 Å². The van der Waals surface area contributed by atoms with Crippen molar-refractivity contribution in [3.63, 3.8) is 0 Å². The first kappa shape index (κ1) is 18.4. The van der Waals surface area contributed by atoms with Crippen molar-refractivity contribution in [1.29, 1.82) is 0 Å². The maximum Gasteiger partial charge on any atom is 0.238 e. The van der Waals surface area contributed by atoms with Crippen molar-refractivity contribution in [2.75, 3.05) is 36.7 Å². The van der Waals surface area contributed by atoms with Crippen LogP contribution in [-0.4, -0.2) is 42.4 Å². The quantitative estimate of drug-likeness (QED) is 0.738. The van der Waals surface area contributed by atoms with E-state index in [1.165, 1.54) is 0 Å². The van der Waals surface area contributed by atoms with E-state index < -0.39 is 0 Å². The first-order valence-electron chi connectivity index (χ1n) is 6.62. The Morgan fingerprint density at radius 3 is 2.48 bits per heavy atom. The average Bonchev–Trinajstić information content (AvgIpc) is 2.39. The van der Waals surface area contributed by atoms with Gasteiger partial charge in [-0.05, 0) is 31.9 Å². The van der Waals surface area contributed by atoms with Crippen LogP contribution in [0, 0.1) is 0 Å². The van der Waals surface area contributed by atoms with Gasteiger partial charge in [0.05, 0.1) is 22.3 Å². The summed E-state index contributed by atoms with van der Waals surface area (Å²) in [6.45, 7) is 2.40. The van der Waals surface area contributed by atoms with Crippen LogP contribution in [0.3, 0.4) is 0 Å². The molecule has 0 spiro atoms. The fourth-order valence-electron chi connectivity index (χ4n) is 2.00. The molecule has 0 heterocycles. The Kier molecular flexibility index (Phi) is 7.66. The Bertz CT molecular complexity index is 476. The van der Waals surface area contributed by atoms with E-state index >= 15 is 0 Å². The van der Waals surface area contributed by atoms with Crippen LogP contribution >= 0.6 is 35.0 Å². The summed E-state index contributed by atoms with van der Waals surface area (Å²) in [5.41, 5.74) is 6.51. The maximum absolute atomic E-state index is 12.1. The summed E-state index contributed by atoms with van der Waals surface area (Å²) in [6.07, 6.45) is 3.05. The number of nitrogens with two attached hydrogens (primary N) is 1. The average molecular weight is 350 g/mol. The van der Waals surface area contributed by atoms with Crippen molar-refractivity contribution in [3.8, 4) is 0 Å². The van der Waals surface area contributed by atoms with Crippen molar-refractivity contribution in [2.24, 2.45) is 0 Å². The fraction of sp³-hybridized carbons (Fsp3) is 0.500. The van der Waals surface area contributed by atoms with Gasteiger partial charge in [-0.25, -0.2) is 0 Å². The lowest BCUT2D eigenvalue weighted by molar-refractivity contribution is -0.117. The molecule has 0 fully saturated rings. The first-order valence-corrected chi connectivity index (χ1v) is 8.77. The molecule has 1 aromatic carbocycles. The predicted octanol–water partition coefficient (Wildman–Crippen LogP) is 3.59. The molecule has 0 radical (unpaired) electrons. The van der Waals surface area contributed by atoms with Gasteiger partial charge in [0.2, 0.25) is 5.91 Å². The Labute approximate surface area is 140 Å². The number of thioether (sulfide) groups is 1. The summed E-state index contributed by atoms with van der Waals surface area (Å²) < 4.78 is 0. The maximum atomic E-state index is 12.1. The molecule has 0 saturated heterocycles. The molecule has 3 N–H and O–H groups in total. The first-order chi connectivity index (χ1) is 9.88. The van der Waals surface area contributed by atoms with Crippen LogP contribution in [0.15, 0.2) is 12.1 Å². The normalized spacial score (nSPS) is 12.5. The molecule has 0 aliphatic heterocycles. The lowest BCUT2D eigenvalue weighted by Crippen LogP contribution is -2.39. The lowest BCUT2D eigenvalue weighted by Gasteiger charge is -2.26. The van der Waals surface area contributed by atoms with Crippen LogP contribution in [-0.2, 0) is 4.79 Å². The second-order valence-corrected chi connectivity index (χ2v) is 6.57. The number of carbonyl (C=O) groups is 1. The molecule has 1 amide bonds. The molecule has 0 bridgehead atoms. The largest absolute Gasteiger partial charge is 0.399 e. The molecule has 7 heteroatoms. The minimum Gasteiger partial charge on any atom is -0.399 e. The summed E-state index contributed by atoms with van der Waals surface area (Å²) in [4.78, 5) is 14.2. The van der Waals surface area contributed by atoms with Crippen molar-refractivity contribution >= 4 is 52.2 Å². The van der Waals surface area contributed by atoms with Gasteiger partial charge in [-0.15, -0.1) is 0 Å². The number of nitrogen functional groups attached to an aromatic ring is 1. The molecular formula is C14H21Cl2N3OS. The molecule has 1 rings (SSSR count). The SMILES string of the molecule is CCC(CSC)N(C)CC(=O)Nc1c(Cl)cc(N)cc1Cl. The third-order valence-corrected chi connectivity index (χ3v) is 4.49. The number of nitrogens with zero attached hydrogens (tertiary/aromatic N) is 1. The number of hydrogen-bond acceptors (Lipinski definition) is 4. The van der Waals surface area contributed by atoms with Crippen molar-refractivity contribution < 1.29 is 4.79 Å². The van der Waals surface area contributed by atoms with Gasteiger partial charge in [0.15, 0.2) is 0 Å². The highest BCUT2D eigenvalue weighted by molar-refractivity contribution is 7.98. The van der Waals surface area contributed by atoms with Gasteiger partial charge in [-0.1, -0.05) is 30.1 Å². The van der Waals surface area contributed by atoms with E-state index in [0.717, 1.165) is 12.2 Å². The van der Waals surface area contributed by atoms with Crippen LogP contribution in [0.25, 0.3) is 0 Å². The van der Waals surface area contributed by atoms with Gasteiger partial charge in [0.25, 0.3) is 0 Å². The molecule has 4 nitrogen and oxygen atoms in total. The zero-order valence-electron chi connectivity index (χ0n) is 12.5. The van der Waals surface area contributed by atoms with Crippen LogP contribution < -0.4 is 11.1 Å². The minimum atomic E-state index is -0.148. The number of benzene rings is 1. The molecular weight excluding hydrogens is 329 g/mol. The monoisotopic (exact) mass is 349 g/mol.